The van der Waals surface area contributed by atoms with Gasteiger partial charge in [-0.25, -0.2) is 4.99 Å². The van der Waals surface area contributed by atoms with Gasteiger partial charge < -0.3 is 14.4 Å². The van der Waals surface area contributed by atoms with Crippen LogP contribution in [0.15, 0.2) is 47.5 Å². The zero-order valence-electron chi connectivity index (χ0n) is 20.3. The lowest BCUT2D eigenvalue weighted by atomic mass is 10.0. The minimum atomic E-state index is -0.338. The van der Waals surface area contributed by atoms with Crippen molar-refractivity contribution in [1.82, 2.24) is 0 Å². The zero-order chi connectivity index (χ0) is 25.1. The van der Waals surface area contributed by atoms with Crippen LogP contribution in [0.4, 0.5) is 11.4 Å². The van der Waals surface area contributed by atoms with E-state index in [4.69, 9.17) is 14.5 Å². The quantitative estimate of drug-likeness (QED) is 0.296. The number of carbonyl (C=O) groups excluding carboxylic acids is 1. The van der Waals surface area contributed by atoms with Crippen molar-refractivity contribution in [2.45, 2.75) is 34.1 Å². The van der Waals surface area contributed by atoms with Gasteiger partial charge in [-0.05, 0) is 61.5 Å². The molecule has 1 heterocycles. The number of nitriles is 2. The average molecular weight is 467 g/mol. The molecule has 0 saturated heterocycles. The van der Waals surface area contributed by atoms with Gasteiger partial charge in [-0.3, -0.25) is 4.79 Å². The van der Waals surface area contributed by atoms with Gasteiger partial charge in [-0.15, -0.1) is 0 Å². The fourth-order valence-corrected chi connectivity index (χ4v) is 4.18. The first kappa shape index (κ1) is 23.8. The highest BCUT2D eigenvalue weighted by Gasteiger charge is 2.19. The third-order valence-electron chi connectivity index (χ3n) is 5.87. The first-order valence-corrected chi connectivity index (χ1v) is 11.7. The summed E-state index contributed by atoms with van der Waals surface area (Å²) < 4.78 is 11.8. The summed E-state index contributed by atoms with van der Waals surface area (Å²) in [4.78, 5) is 19.3. The van der Waals surface area contributed by atoms with E-state index < -0.39 is 0 Å². The Labute approximate surface area is 204 Å². The van der Waals surface area contributed by atoms with Gasteiger partial charge in [-0.1, -0.05) is 13.8 Å². The molecule has 3 aromatic rings. The number of esters is 1. The van der Waals surface area contributed by atoms with Gasteiger partial charge in [0.1, 0.15) is 34.5 Å². The van der Waals surface area contributed by atoms with Crippen LogP contribution in [0.25, 0.3) is 16.3 Å². The molecular formula is C28H26N4O3. The lowest BCUT2D eigenvalue weighted by Gasteiger charge is -2.23. The van der Waals surface area contributed by atoms with Crippen molar-refractivity contribution in [3.05, 3.63) is 53.0 Å². The summed E-state index contributed by atoms with van der Waals surface area (Å²) in [5.74, 6) is 1.25. The van der Waals surface area contributed by atoms with E-state index in [-0.39, 0.29) is 23.9 Å². The molecular weight excluding hydrogens is 440 g/mol. The van der Waals surface area contributed by atoms with Crippen molar-refractivity contribution >= 4 is 33.7 Å². The Hall–Kier alpha value is -4.36. The van der Waals surface area contributed by atoms with Gasteiger partial charge in [0.2, 0.25) is 0 Å². The highest BCUT2D eigenvalue weighted by atomic mass is 16.5. The number of rotatable bonds is 6. The van der Waals surface area contributed by atoms with E-state index in [0.29, 0.717) is 44.3 Å². The second-order valence-electron chi connectivity index (χ2n) is 8.69. The summed E-state index contributed by atoms with van der Waals surface area (Å²) in [6.07, 6.45) is 0.290. The molecule has 0 aliphatic carbocycles. The van der Waals surface area contributed by atoms with Crippen LogP contribution in [-0.4, -0.2) is 19.1 Å². The van der Waals surface area contributed by atoms with Crippen molar-refractivity contribution in [3.8, 4) is 29.4 Å². The number of hydrogen-bond donors (Lipinski definition) is 0. The number of ether oxygens (including phenoxy) is 2. The predicted molar refractivity (Wildman–Crippen MR) is 134 cm³/mol. The molecule has 35 heavy (non-hydrogen) atoms. The van der Waals surface area contributed by atoms with Gasteiger partial charge >= 0.3 is 5.97 Å². The van der Waals surface area contributed by atoms with E-state index in [2.05, 4.69) is 18.7 Å². The maximum Gasteiger partial charge on any atom is 0.311 e. The largest absolute Gasteiger partial charge is 0.453 e. The Morgan fingerprint density at radius 3 is 2.43 bits per heavy atom. The van der Waals surface area contributed by atoms with Crippen LogP contribution in [0.2, 0.25) is 0 Å². The average Bonchev–Trinajstić information content (AvgIpc) is 2.84. The first-order chi connectivity index (χ1) is 16.9. The van der Waals surface area contributed by atoms with E-state index >= 15 is 0 Å². The fraction of sp³-hybridized carbons (Fsp3) is 0.286. The number of benzene rings is 3. The molecule has 0 aromatic heterocycles. The maximum atomic E-state index is 12.2. The molecule has 0 radical (unpaired) electrons. The molecule has 7 nitrogen and oxygen atoms in total. The van der Waals surface area contributed by atoms with E-state index in [9.17, 15) is 15.3 Å². The molecule has 0 fully saturated rings. The van der Waals surface area contributed by atoms with Gasteiger partial charge in [0.15, 0.2) is 11.5 Å². The molecule has 3 aromatic carbocycles. The molecule has 0 N–H and O–H groups in total. The van der Waals surface area contributed by atoms with Gasteiger partial charge in [0.05, 0.1) is 0 Å². The van der Waals surface area contributed by atoms with Crippen LogP contribution < -0.4 is 24.9 Å². The smallest absolute Gasteiger partial charge is 0.311 e. The molecule has 0 amide bonds. The zero-order valence-corrected chi connectivity index (χ0v) is 20.3. The summed E-state index contributed by atoms with van der Waals surface area (Å²) >= 11 is 0. The molecule has 1 aliphatic rings. The van der Waals surface area contributed by atoms with Crippen LogP contribution in [0.1, 0.15) is 34.1 Å². The van der Waals surface area contributed by atoms with E-state index in [1.807, 2.05) is 44.2 Å². The molecule has 0 unspecified atom stereocenters. The lowest BCUT2D eigenvalue weighted by Crippen LogP contribution is -2.22. The number of fused-ring (bicyclic) bond motifs is 4. The van der Waals surface area contributed by atoms with Crippen LogP contribution in [-0.2, 0) is 4.79 Å². The Balaban J connectivity index is 1.92. The van der Waals surface area contributed by atoms with Gasteiger partial charge in [0.25, 0.3) is 0 Å². The van der Waals surface area contributed by atoms with E-state index in [1.54, 1.807) is 24.3 Å². The predicted octanol–water partition coefficient (Wildman–Crippen LogP) is 4.89. The fourth-order valence-electron chi connectivity index (χ4n) is 4.18. The molecule has 1 aliphatic heterocycles. The molecule has 0 saturated carbocycles. The van der Waals surface area contributed by atoms with Crippen molar-refractivity contribution in [1.29, 1.82) is 10.5 Å². The molecule has 7 heteroatoms. The monoisotopic (exact) mass is 466 g/mol. The number of hydrogen-bond acceptors (Lipinski definition) is 7. The summed E-state index contributed by atoms with van der Waals surface area (Å²) in [6.45, 7) is 9.80. The highest BCUT2D eigenvalue weighted by Crippen LogP contribution is 2.37. The van der Waals surface area contributed by atoms with Crippen LogP contribution in [0.3, 0.4) is 0 Å². The number of nitrogens with zero attached hydrogens (tertiary/aromatic N) is 4. The Bertz CT molecular complexity index is 1510. The molecule has 4 rings (SSSR count). The van der Waals surface area contributed by atoms with Crippen LogP contribution >= 0.6 is 0 Å². The topological polar surface area (TPSA) is 98.7 Å². The van der Waals surface area contributed by atoms with Gasteiger partial charge in [0, 0.05) is 41.9 Å². The molecule has 0 spiro atoms. The van der Waals surface area contributed by atoms with E-state index in [0.717, 1.165) is 18.8 Å². The van der Waals surface area contributed by atoms with Crippen molar-refractivity contribution < 1.29 is 14.3 Å². The summed E-state index contributed by atoms with van der Waals surface area (Å²) in [7, 11) is 0. The third-order valence-corrected chi connectivity index (χ3v) is 5.87. The van der Waals surface area contributed by atoms with Crippen LogP contribution in [0, 0.1) is 28.6 Å². The van der Waals surface area contributed by atoms with E-state index in [1.165, 1.54) is 0 Å². The Kier molecular flexibility index (Phi) is 6.71. The Morgan fingerprint density at radius 1 is 1.03 bits per heavy atom. The lowest BCUT2D eigenvalue weighted by molar-refractivity contribution is -0.135. The Morgan fingerprint density at radius 2 is 1.77 bits per heavy atom. The number of anilines is 1. The SMILES string of the molecule is CCN(CC)c1ccc2c(c1)Oc1cc(=C(C#N)C#N)c3cc(OC(=O)CC(C)C)ccc3c1=N2. The minimum Gasteiger partial charge on any atom is -0.453 e. The maximum absolute atomic E-state index is 12.2. The standard InChI is InChI=1S/C28H26N4O3/c1-5-32(6-2)19-7-10-24-25(12-19)35-26-14-22(18(15-29)16-30)23-13-20(34-27(33)11-17(3)4)8-9-21(23)28(26)31-24/h7-10,12-14,17H,5-6,11H2,1-4H3. The molecule has 0 bridgehead atoms. The third kappa shape index (κ3) is 4.67. The summed E-state index contributed by atoms with van der Waals surface area (Å²) in [5.41, 5.74) is 1.66. The summed E-state index contributed by atoms with van der Waals surface area (Å²) in [5, 5.41) is 21.5. The highest BCUT2D eigenvalue weighted by molar-refractivity contribution is 5.91. The van der Waals surface area contributed by atoms with Crippen molar-refractivity contribution in [2.75, 3.05) is 18.0 Å². The first-order valence-electron chi connectivity index (χ1n) is 11.7. The van der Waals surface area contributed by atoms with Gasteiger partial charge in [-0.2, -0.15) is 10.5 Å². The second-order valence-corrected chi connectivity index (χ2v) is 8.69. The van der Waals surface area contributed by atoms with Crippen LogP contribution in [0.5, 0.6) is 17.2 Å². The summed E-state index contributed by atoms with van der Waals surface area (Å²) in [6, 6.07) is 16.6. The van der Waals surface area contributed by atoms with Crippen molar-refractivity contribution in [3.63, 3.8) is 0 Å². The molecule has 0 atom stereocenters. The number of carbonyl (C=O) groups is 1. The van der Waals surface area contributed by atoms with Crippen molar-refractivity contribution in [2.24, 2.45) is 10.9 Å². The molecule has 176 valence electrons. The minimum absolute atomic E-state index is 0.0604. The normalized spacial score (nSPS) is 11.4. The second kappa shape index (κ2) is 9.87.